The Morgan fingerprint density at radius 3 is 2.38 bits per heavy atom. The summed E-state index contributed by atoms with van der Waals surface area (Å²) in [5.74, 6) is -0.936. The van der Waals surface area contributed by atoms with Crippen LogP contribution in [0.25, 0.3) is 5.76 Å². The number of likely N-dealkylation sites (tertiary alicyclic amines) is 1. The third kappa shape index (κ3) is 4.32. The maximum Gasteiger partial charge on any atom is 0.295 e. The van der Waals surface area contributed by atoms with Crippen LogP contribution in [0.5, 0.6) is 5.75 Å². The van der Waals surface area contributed by atoms with Crippen molar-refractivity contribution >= 4 is 17.4 Å². The van der Waals surface area contributed by atoms with Crippen molar-refractivity contribution in [3.63, 3.8) is 0 Å². The monoisotopic (exact) mass is 395 g/mol. The molecule has 3 rings (SSSR count). The molecule has 0 bridgehead atoms. The summed E-state index contributed by atoms with van der Waals surface area (Å²) in [6.45, 7) is 2.74. The van der Waals surface area contributed by atoms with Gasteiger partial charge in [-0.3, -0.25) is 9.59 Å². The lowest BCUT2D eigenvalue weighted by atomic mass is 9.95. The van der Waals surface area contributed by atoms with E-state index in [0.717, 1.165) is 12.0 Å². The molecule has 0 radical (unpaired) electrons. The lowest BCUT2D eigenvalue weighted by Gasteiger charge is -2.25. The molecule has 0 aliphatic carbocycles. The van der Waals surface area contributed by atoms with Gasteiger partial charge in [0, 0.05) is 18.7 Å². The summed E-state index contributed by atoms with van der Waals surface area (Å²) in [7, 11) is 0. The standard InChI is InChI=1S/C23H25NO5/c1-2-15-29-18-11-9-17(10-12-18)21(26)19-20(16-7-4-3-5-8-16)24(13-6-14-25)23(28)22(19)27/h3-5,7-12,20,25-26H,2,6,13-15H2,1H3/t20-/m0/s1. The van der Waals surface area contributed by atoms with Gasteiger partial charge in [-0.25, -0.2) is 0 Å². The van der Waals surface area contributed by atoms with E-state index in [4.69, 9.17) is 4.74 Å². The molecule has 0 spiro atoms. The maximum absolute atomic E-state index is 12.8. The minimum atomic E-state index is -0.722. The molecule has 2 N–H and O–H groups in total. The van der Waals surface area contributed by atoms with Crippen LogP contribution < -0.4 is 4.74 Å². The van der Waals surface area contributed by atoms with E-state index in [9.17, 15) is 19.8 Å². The number of benzene rings is 2. The largest absolute Gasteiger partial charge is 0.507 e. The summed E-state index contributed by atoms with van der Waals surface area (Å²) in [5.41, 5.74) is 1.23. The number of hydrogen-bond acceptors (Lipinski definition) is 5. The van der Waals surface area contributed by atoms with Crippen LogP contribution in [0.3, 0.4) is 0 Å². The SMILES string of the molecule is CCCOc1ccc(C(O)=C2C(=O)C(=O)N(CCCO)[C@H]2c2ccccc2)cc1. The van der Waals surface area contributed by atoms with Crippen LogP contribution >= 0.6 is 0 Å². The van der Waals surface area contributed by atoms with E-state index >= 15 is 0 Å². The average Bonchev–Trinajstić information content (AvgIpc) is 3.01. The van der Waals surface area contributed by atoms with E-state index in [1.165, 1.54) is 4.90 Å². The molecule has 152 valence electrons. The lowest BCUT2D eigenvalue weighted by molar-refractivity contribution is -0.140. The highest BCUT2D eigenvalue weighted by Gasteiger charge is 2.45. The number of aliphatic hydroxyl groups excluding tert-OH is 2. The first kappa shape index (κ1) is 20.6. The Morgan fingerprint density at radius 2 is 1.76 bits per heavy atom. The predicted molar refractivity (Wildman–Crippen MR) is 109 cm³/mol. The van der Waals surface area contributed by atoms with Gasteiger partial charge in [0.25, 0.3) is 11.7 Å². The Hall–Kier alpha value is -3.12. The van der Waals surface area contributed by atoms with Crippen molar-refractivity contribution < 1.29 is 24.5 Å². The lowest BCUT2D eigenvalue weighted by Crippen LogP contribution is -2.31. The van der Waals surface area contributed by atoms with Gasteiger partial charge in [0.2, 0.25) is 0 Å². The van der Waals surface area contributed by atoms with Crippen molar-refractivity contribution in [3.05, 3.63) is 71.3 Å². The second-order valence-corrected chi connectivity index (χ2v) is 6.85. The van der Waals surface area contributed by atoms with E-state index < -0.39 is 17.7 Å². The van der Waals surface area contributed by atoms with E-state index in [1.807, 2.05) is 37.3 Å². The molecular weight excluding hydrogens is 370 g/mol. The van der Waals surface area contributed by atoms with E-state index in [1.54, 1.807) is 24.3 Å². The first-order valence-electron chi connectivity index (χ1n) is 9.76. The molecule has 29 heavy (non-hydrogen) atoms. The molecule has 0 aromatic heterocycles. The quantitative estimate of drug-likeness (QED) is 0.407. The Kier molecular flexibility index (Phi) is 6.67. The van der Waals surface area contributed by atoms with E-state index in [2.05, 4.69) is 0 Å². The van der Waals surface area contributed by atoms with Gasteiger partial charge in [-0.2, -0.15) is 0 Å². The Labute approximate surface area is 170 Å². The first-order valence-corrected chi connectivity index (χ1v) is 9.76. The Morgan fingerprint density at radius 1 is 1.07 bits per heavy atom. The summed E-state index contributed by atoms with van der Waals surface area (Å²) >= 11 is 0. The van der Waals surface area contributed by atoms with Crippen LogP contribution in [-0.2, 0) is 9.59 Å². The number of carbonyl (C=O) groups excluding carboxylic acids is 2. The molecular formula is C23H25NO5. The van der Waals surface area contributed by atoms with Crippen LogP contribution in [0, 0.1) is 0 Å². The minimum Gasteiger partial charge on any atom is -0.507 e. The second kappa shape index (κ2) is 9.39. The minimum absolute atomic E-state index is 0.0568. The first-order chi connectivity index (χ1) is 14.1. The smallest absolute Gasteiger partial charge is 0.295 e. The summed E-state index contributed by atoms with van der Waals surface area (Å²) < 4.78 is 5.55. The topological polar surface area (TPSA) is 87.1 Å². The molecule has 0 unspecified atom stereocenters. The number of ketones is 1. The number of nitrogens with zero attached hydrogens (tertiary/aromatic N) is 1. The van der Waals surface area contributed by atoms with Crippen molar-refractivity contribution in [2.24, 2.45) is 0 Å². The normalized spacial score (nSPS) is 18.3. The summed E-state index contributed by atoms with van der Waals surface area (Å²) in [5, 5.41) is 20.1. The number of carbonyl (C=O) groups is 2. The van der Waals surface area contributed by atoms with Crippen molar-refractivity contribution in [1.82, 2.24) is 4.90 Å². The number of Topliss-reactive ketones (excluding diaryl/α,β-unsaturated/α-hetero) is 1. The molecule has 1 amide bonds. The van der Waals surface area contributed by atoms with Crippen molar-refractivity contribution in [2.75, 3.05) is 19.8 Å². The highest BCUT2D eigenvalue weighted by atomic mass is 16.5. The van der Waals surface area contributed by atoms with Crippen LogP contribution in [0.2, 0.25) is 0 Å². The molecule has 1 heterocycles. The van der Waals surface area contributed by atoms with Crippen molar-refractivity contribution in [2.45, 2.75) is 25.8 Å². The number of aliphatic hydroxyl groups is 2. The van der Waals surface area contributed by atoms with Gasteiger partial charge < -0.3 is 19.8 Å². The summed E-state index contributed by atoms with van der Waals surface area (Å²) in [6, 6.07) is 15.2. The number of ether oxygens (including phenoxy) is 1. The van der Waals surface area contributed by atoms with Crippen LogP contribution in [0.4, 0.5) is 0 Å². The van der Waals surface area contributed by atoms with Crippen molar-refractivity contribution in [3.8, 4) is 5.75 Å². The molecule has 2 aromatic rings. The van der Waals surface area contributed by atoms with E-state index in [-0.39, 0.29) is 24.5 Å². The fourth-order valence-corrected chi connectivity index (χ4v) is 3.42. The zero-order chi connectivity index (χ0) is 20.8. The molecule has 1 saturated heterocycles. The Bertz CT molecular complexity index is 889. The van der Waals surface area contributed by atoms with Crippen LogP contribution in [-0.4, -0.2) is 46.6 Å². The zero-order valence-electron chi connectivity index (χ0n) is 16.4. The van der Waals surface area contributed by atoms with Crippen molar-refractivity contribution in [1.29, 1.82) is 0 Å². The highest BCUT2D eigenvalue weighted by molar-refractivity contribution is 6.46. The van der Waals surface area contributed by atoms with Gasteiger partial charge in [0.05, 0.1) is 18.2 Å². The van der Waals surface area contributed by atoms with Gasteiger partial charge in [0.1, 0.15) is 11.5 Å². The molecule has 1 aliphatic heterocycles. The molecule has 2 aromatic carbocycles. The average molecular weight is 395 g/mol. The maximum atomic E-state index is 12.8. The number of rotatable bonds is 8. The number of amides is 1. The molecule has 0 saturated carbocycles. The number of hydrogen-bond donors (Lipinski definition) is 2. The molecule has 1 atom stereocenters. The van der Waals surface area contributed by atoms with Crippen LogP contribution in [0.15, 0.2) is 60.2 Å². The van der Waals surface area contributed by atoms with E-state index in [0.29, 0.717) is 24.3 Å². The second-order valence-electron chi connectivity index (χ2n) is 6.85. The summed E-state index contributed by atoms with van der Waals surface area (Å²) in [4.78, 5) is 26.8. The fraction of sp³-hybridized carbons (Fsp3) is 0.304. The highest BCUT2D eigenvalue weighted by Crippen LogP contribution is 2.39. The molecule has 1 aliphatic rings. The van der Waals surface area contributed by atoms with Gasteiger partial charge in [0.15, 0.2) is 0 Å². The van der Waals surface area contributed by atoms with Gasteiger partial charge >= 0.3 is 0 Å². The molecule has 1 fully saturated rings. The predicted octanol–water partition coefficient (Wildman–Crippen LogP) is 3.28. The molecule has 6 nitrogen and oxygen atoms in total. The van der Waals surface area contributed by atoms with Crippen LogP contribution in [0.1, 0.15) is 36.9 Å². The van der Waals surface area contributed by atoms with Gasteiger partial charge in [-0.05, 0) is 42.7 Å². The Balaban J connectivity index is 2.03. The third-order valence-corrected chi connectivity index (χ3v) is 4.81. The summed E-state index contributed by atoms with van der Waals surface area (Å²) in [6.07, 6.45) is 1.23. The third-order valence-electron chi connectivity index (χ3n) is 4.81. The zero-order valence-corrected chi connectivity index (χ0v) is 16.4. The van der Waals surface area contributed by atoms with Gasteiger partial charge in [-0.1, -0.05) is 37.3 Å². The molecule has 6 heteroatoms. The fourth-order valence-electron chi connectivity index (χ4n) is 3.42. The van der Waals surface area contributed by atoms with Gasteiger partial charge in [-0.15, -0.1) is 0 Å².